The Kier molecular flexibility index (Phi) is 4.91. The van der Waals surface area contributed by atoms with Crippen molar-refractivity contribution in [1.82, 2.24) is 0 Å². The zero-order valence-corrected chi connectivity index (χ0v) is 16.7. The maximum Gasteiger partial charge on any atom is 0.305 e. The van der Waals surface area contributed by atoms with Gasteiger partial charge < -0.3 is 9.84 Å². The Balaban J connectivity index is 1.61. The molecule has 28 heavy (non-hydrogen) atoms. The van der Waals surface area contributed by atoms with E-state index in [-0.39, 0.29) is 35.9 Å². The summed E-state index contributed by atoms with van der Waals surface area (Å²) in [7, 11) is 1.37. The monoisotopic (exact) mass is 392 g/mol. The van der Waals surface area contributed by atoms with Gasteiger partial charge >= 0.3 is 5.97 Å². The van der Waals surface area contributed by atoms with Gasteiger partial charge in [-0.05, 0) is 85.5 Å². The number of hydrogen-bond donors (Lipinski definition) is 1. The minimum absolute atomic E-state index is 0.0131. The number of carbonyl (C=O) groups excluding carboxylic acids is 1. The molecule has 0 saturated heterocycles. The van der Waals surface area contributed by atoms with Crippen LogP contribution in [0.15, 0.2) is 18.2 Å². The highest BCUT2D eigenvalue weighted by molar-refractivity contribution is 5.69. The second-order valence-electron chi connectivity index (χ2n) is 9.31. The van der Waals surface area contributed by atoms with Crippen molar-refractivity contribution < 1.29 is 23.4 Å². The molecule has 5 heteroatoms. The number of aryl methyl sites for hydroxylation is 1. The number of ether oxygens (including phenoxy) is 1. The molecule has 0 heterocycles. The number of benzene rings is 1. The van der Waals surface area contributed by atoms with Crippen LogP contribution in [0.4, 0.5) is 8.78 Å². The maximum atomic E-state index is 15.1. The van der Waals surface area contributed by atoms with Crippen molar-refractivity contribution in [3.8, 4) is 5.75 Å². The van der Waals surface area contributed by atoms with Crippen LogP contribution in [0.25, 0.3) is 0 Å². The lowest BCUT2D eigenvalue weighted by molar-refractivity contribution is -0.140. The first kappa shape index (κ1) is 19.7. The first-order valence-corrected chi connectivity index (χ1v) is 10.5. The zero-order chi connectivity index (χ0) is 20.1. The molecule has 0 spiro atoms. The number of alkyl halides is 2. The summed E-state index contributed by atoms with van der Waals surface area (Å²) in [6, 6.07) is 5.58. The van der Waals surface area contributed by atoms with Crippen LogP contribution in [0.2, 0.25) is 0 Å². The van der Waals surface area contributed by atoms with Gasteiger partial charge in [0, 0.05) is 18.3 Å². The van der Waals surface area contributed by atoms with Gasteiger partial charge in [0.15, 0.2) is 0 Å². The molecule has 5 atom stereocenters. The fourth-order valence-electron chi connectivity index (χ4n) is 6.70. The molecule has 0 radical (unpaired) electrons. The van der Waals surface area contributed by atoms with Crippen molar-refractivity contribution in [3.63, 3.8) is 0 Å². The highest BCUT2D eigenvalue weighted by atomic mass is 19.3. The molecule has 0 aliphatic heterocycles. The first-order valence-electron chi connectivity index (χ1n) is 10.5. The van der Waals surface area contributed by atoms with Crippen LogP contribution in [-0.4, -0.2) is 24.1 Å². The Morgan fingerprint density at radius 1 is 1.32 bits per heavy atom. The molecule has 2 fully saturated rings. The summed E-state index contributed by atoms with van der Waals surface area (Å²) in [5.41, 5.74) is 1.48. The minimum atomic E-state index is -2.65. The maximum absolute atomic E-state index is 15.1. The van der Waals surface area contributed by atoms with E-state index in [0.29, 0.717) is 31.6 Å². The van der Waals surface area contributed by atoms with Gasteiger partial charge in [-0.3, -0.25) is 4.79 Å². The highest BCUT2D eigenvalue weighted by Gasteiger charge is 2.67. The molecule has 3 aliphatic carbocycles. The van der Waals surface area contributed by atoms with E-state index in [1.54, 1.807) is 13.0 Å². The number of halogens is 2. The molecule has 1 aromatic rings. The zero-order valence-electron chi connectivity index (χ0n) is 16.7. The van der Waals surface area contributed by atoms with Crippen LogP contribution < -0.4 is 0 Å². The van der Waals surface area contributed by atoms with Gasteiger partial charge in [0.05, 0.1) is 7.11 Å². The van der Waals surface area contributed by atoms with E-state index in [2.05, 4.69) is 0 Å². The summed E-state index contributed by atoms with van der Waals surface area (Å²) in [5.74, 6) is -2.12. The lowest BCUT2D eigenvalue weighted by Crippen LogP contribution is -2.47. The van der Waals surface area contributed by atoms with Crippen LogP contribution in [0.5, 0.6) is 5.75 Å². The number of esters is 1. The fourth-order valence-corrected chi connectivity index (χ4v) is 6.70. The molecule has 1 aromatic carbocycles. The molecule has 3 nitrogen and oxygen atoms in total. The van der Waals surface area contributed by atoms with Gasteiger partial charge in [0.2, 0.25) is 0 Å². The van der Waals surface area contributed by atoms with E-state index in [4.69, 9.17) is 4.74 Å². The van der Waals surface area contributed by atoms with E-state index in [0.717, 1.165) is 19.3 Å². The van der Waals surface area contributed by atoms with Crippen LogP contribution in [-0.2, 0) is 16.0 Å². The molecule has 4 rings (SSSR count). The molecule has 0 bridgehead atoms. The number of phenolic OH excluding ortho intramolecular Hbond substituents is 1. The number of aromatic hydroxyl groups is 1. The summed E-state index contributed by atoms with van der Waals surface area (Å²) in [4.78, 5) is 11.5. The van der Waals surface area contributed by atoms with Crippen molar-refractivity contribution >= 4 is 5.97 Å². The quantitative estimate of drug-likeness (QED) is 0.693. The number of hydrogen-bond acceptors (Lipinski definition) is 3. The van der Waals surface area contributed by atoms with Crippen molar-refractivity contribution in [2.75, 3.05) is 7.11 Å². The molecule has 0 aromatic heterocycles. The van der Waals surface area contributed by atoms with Crippen LogP contribution in [0.3, 0.4) is 0 Å². The van der Waals surface area contributed by atoms with Crippen molar-refractivity contribution in [2.45, 2.75) is 70.1 Å². The Morgan fingerprint density at radius 2 is 2.11 bits per heavy atom. The van der Waals surface area contributed by atoms with Gasteiger partial charge in [-0.25, -0.2) is 8.78 Å². The number of phenols is 1. The van der Waals surface area contributed by atoms with Gasteiger partial charge in [-0.1, -0.05) is 13.0 Å². The summed E-state index contributed by atoms with van der Waals surface area (Å²) in [5, 5.41) is 9.81. The number of methoxy groups -OCH3 is 1. The summed E-state index contributed by atoms with van der Waals surface area (Å²) in [6.45, 7) is 1.81. The summed E-state index contributed by atoms with van der Waals surface area (Å²) < 4.78 is 35.0. The predicted molar refractivity (Wildman–Crippen MR) is 102 cm³/mol. The van der Waals surface area contributed by atoms with E-state index >= 15 is 8.78 Å². The van der Waals surface area contributed by atoms with Crippen LogP contribution in [0, 0.1) is 23.2 Å². The Bertz CT molecular complexity index is 762. The second kappa shape index (κ2) is 7.00. The van der Waals surface area contributed by atoms with E-state index < -0.39 is 11.3 Å². The standard InChI is InChI=1S/C23H30F2O3/c1-22-11-10-18-17-9-7-16(26)12-14(17)6-8-19(18)21(22)15(13-23(22,24)25)4-3-5-20(27)28-2/h7,9,12,15,18-19,21,26H,3-6,8,10-11,13H2,1-2H3/t15-,18?,19?,21?,22-/m0/s1. The Labute approximate surface area is 165 Å². The van der Waals surface area contributed by atoms with E-state index in [1.165, 1.54) is 18.2 Å². The van der Waals surface area contributed by atoms with Gasteiger partial charge in [0.1, 0.15) is 5.75 Å². The van der Waals surface area contributed by atoms with E-state index in [9.17, 15) is 9.90 Å². The van der Waals surface area contributed by atoms with E-state index in [1.807, 2.05) is 12.1 Å². The van der Waals surface area contributed by atoms with Crippen molar-refractivity contribution in [2.24, 2.45) is 23.2 Å². The lowest BCUT2D eigenvalue weighted by atomic mass is 9.53. The molecule has 2 saturated carbocycles. The van der Waals surface area contributed by atoms with Crippen molar-refractivity contribution in [3.05, 3.63) is 29.3 Å². The summed E-state index contributed by atoms with van der Waals surface area (Å²) >= 11 is 0. The lowest BCUT2D eigenvalue weighted by Gasteiger charge is -2.51. The van der Waals surface area contributed by atoms with Gasteiger partial charge in [0.25, 0.3) is 5.92 Å². The number of fused-ring (bicyclic) bond motifs is 5. The third kappa shape index (κ3) is 3.02. The molecular weight excluding hydrogens is 362 g/mol. The Hall–Kier alpha value is -1.65. The highest BCUT2D eigenvalue weighted by Crippen LogP contribution is 2.68. The average Bonchev–Trinajstić information content (AvgIpc) is 2.86. The largest absolute Gasteiger partial charge is 0.508 e. The van der Waals surface area contributed by atoms with Crippen LogP contribution in [0.1, 0.15) is 68.9 Å². The number of carbonyl (C=O) groups is 1. The second-order valence-corrected chi connectivity index (χ2v) is 9.31. The minimum Gasteiger partial charge on any atom is -0.508 e. The predicted octanol–water partition coefficient (Wildman–Crippen LogP) is 5.45. The van der Waals surface area contributed by atoms with Crippen LogP contribution >= 0.6 is 0 Å². The third-order valence-corrected chi connectivity index (χ3v) is 8.01. The number of rotatable bonds is 4. The smallest absolute Gasteiger partial charge is 0.305 e. The Morgan fingerprint density at radius 3 is 2.86 bits per heavy atom. The normalized spacial score (nSPS) is 35.6. The fraction of sp³-hybridized carbons (Fsp3) is 0.696. The average molecular weight is 392 g/mol. The summed E-state index contributed by atoms with van der Waals surface area (Å²) in [6.07, 6.45) is 4.61. The third-order valence-electron chi connectivity index (χ3n) is 8.01. The van der Waals surface area contributed by atoms with Crippen molar-refractivity contribution in [1.29, 1.82) is 0 Å². The first-order chi connectivity index (χ1) is 13.3. The molecule has 1 N–H and O–H groups in total. The van der Waals surface area contributed by atoms with Gasteiger partial charge in [-0.15, -0.1) is 0 Å². The molecule has 3 unspecified atom stereocenters. The van der Waals surface area contributed by atoms with Gasteiger partial charge in [-0.2, -0.15) is 0 Å². The molecule has 0 amide bonds. The SMILES string of the molecule is COC(=O)CCC[C@H]1CC(F)(F)[C@@]2(C)CCC3c4ccc(O)cc4CCC3C12. The molecular formula is C23H30F2O3. The topological polar surface area (TPSA) is 46.5 Å². The molecule has 154 valence electrons. The molecule has 3 aliphatic rings.